The molecular formula is C32H28F2N4O3. The van der Waals surface area contributed by atoms with Crippen LogP contribution < -0.4 is 15.8 Å². The average Bonchev–Trinajstić information content (AvgIpc) is 3.32. The summed E-state index contributed by atoms with van der Waals surface area (Å²) >= 11 is 0. The predicted molar refractivity (Wildman–Crippen MR) is 152 cm³/mol. The molecule has 5 aromatic rings. The lowest BCUT2D eigenvalue weighted by Crippen LogP contribution is -2.32. The molecule has 0 fully saturated rings. The molecule has 3 aromatic carbocycles. The second-order valence-corrected chi connectivity index (χ2v) is 9.84. The fourth-order valence-corrected chi connectivity index (χ4v) is 5.06. The molecule has 0 saturated heterocycles. The van der Waals surface area contributed by atoms with Gasteiger partial charge in [0.25, 0.3) is 0 Å². The smallest absolute Gasteiger partial charge is 0.248 e. The van der Waals surface area contributed by atoms with E-state index in [1.807, 2.05) is 25.1 Å². The van der Waals surface area contributed by atoms with Crippen LogP contribution in [0.2, 0.25) is 0 Å². The number of aromatic amines is 1. The highest BCUT2D eigenvalue weighted by Crippen LogP contribution is 2.31. The van der Waals surface area contributed by atoms with E-state index in [1.54, 1.807) is 49.8 Å². The monoisotopic (exact) mass is 554 g/mol. The topological polar surface area (TPSA) is 110 Å². The van der Waals surface area contributed by atoms with Gasteiger partial charge >= 0.3 is 0 Å². The zero-order valence-electron chi connectivity index (χ0n) is 22.5. The minimum absolute atomic E-state index is 0.0412. The molecule has 5 rings (SSSR count). The standard InChI is InChI=1S/C32H28F2N4O3/c1-18-9-27-26(16-29(18)41-2)22(17-37-27)14-30(39)38-28(12-19-10-23(33)15-24(34)11-19)31-25(7-4-8-36-31)20-5-3-6-21(13-20)32(35)40/h3-11,13,15-17,28,37H,12,14H2,1-2H3,(H2,35,40)(H,38,39)/t28-/m0/s1. The molecule has 9 heteroatoms. The van der Waals surface area contributed by atoms with Gasteiger partial charge in [0, 0.05) is 40.5 Å². The van der Waals surface area contributed by atoms with Crippen LogP contribution in [-0.2, 0) is 17.6 Å². The summed E-state index contributed by atoms with van der Waals surface area (Å²) in [5, 5.41) is 3.88. The second-order valence-electron chi connectivity index (χ2n) is 9.84. The number of halogens is 2. The van der Waals surface area contributed by atoms with Crippen molar-refractivity contribution in [2.45, 2.75) is 25.8 Å². The number of aromatic nitrogens is 2. The van der Waals surface area contributed by atoms with E-state index >= 15 is 0 Å². The number of ether oxygens (including phenoxy) is 1. The molecule has 0 radical (unpaired) electrons. The van der Waals surface area contributed by atoms with Crippen LogP contribution in [0.4, 0.5) is 8.78 Å². The van der Waals surface area contributed by atoms with Crippen molar-refractivity contribution in [3.8, 4) is 16.9 Å². The highest BCUT2D eigenvalue weighted by molar-refractivity contribution is 5.94. The summed E-state index contributed by atoms with van der Waals surface area (Å²) < 4.78 is 33.7. The van der Waals surface area contributed by atoms with Crippen molar-refractivity contribution in [1.29, 1.82) is 0 Å². The van der Waals surface area contributed by atoms with Crippen LogP contribution in [0.15, 0.2) is 79.1 Å². The van der Waals surface area contributed by atoms with Gasteiger partial charge in [-0.25, -0.2) is 8.78 Å². The zero-order chi connectivity index (χ0) is 29.1. The Kier molecular flexibility index (Phi) is 7.78. The number of aryl methyl sites for hydroxylation is 1. The van der Waals surface area contributed by atoms with Crippen LogP contribution in [0.3, 0.4) is 0 Å². The molecule has 0 aliphatic heterocycles. The first-order valence-corrected chi connectivity index (χ1v) is 13.0. The number of rotatable bonds is 9. The minimum atomic E-state index is -0.751. The fourth-order valence-electron chi connectivity index (χ4n) is 5.06. The lowest BCUT2D eigenvalue weighted by Gasteiger charge is -2.22. The van der Waals surface area contributed by atoms with Gasteiger partial charge in [-0.2, -0.15) is 0 Å². The Morgan fingerprint density at radius 3 is 2.56 bits per heavy atom. The molecule has 2 heterocycles. The third kappa shape index (κ3) is 6.09. The van der Waals surface area contributed by atoms with Crippen molar-refractivity contribution in [3.63, 3.8) is 0 Å². The van der Waals surface area contributed by atoms with Gasteiger partial charge in [0.1, 0.15) is 17.4 Å². The Morgan fingerprint density at radius 2 is 1.83 bits per heavy atom. The van der Waals surface area contributed by atoms with E-state index in [1.165, 1.54) is 12.1 Å². The second kappa shape index (κ2) is 11.6. The number of nitrogens with zero attached hydrogens (tertiary/aromatic N) is 1. The molecular weight excluding hydrogens is 526 g/mol. The maximum Gasteiger partial charge on any atom is 0.248 e. The third-order valence-corrected chi connectivity index (χ3v) is 6.96. The van der Waals surface area contributed by atoms with Crippen molar-refractivity contribution in [3.05, 3.63) is 119 Å². The van der Waals surface area contributed by atoms with Crippen LogP contribution in [0.1, 0.15) is 38.8 Å². The number of methoxy groups -OCH3 is 1. The van der Waals surface area contributed by atoms with Crippen LogP contribution in [0.25, 0.3) is 22.0 Å². The number of carbonyl (C=O) groups excluding carboxylic acids is 2. The molecule has 208 valence electrons. The molecule has 0 unspecified atom stereocenters. The largest absolute Gasteiger partial charge is 0.496 e. The van der Waals surface area contributed by atoms with Gasteiger partial charge in [0.15, 0.2) is 0 Å². The van der Waals surface area contributed by atoms with Crippen LogP contribution in [-0.4, -0.2) is 28.9 Å². The van der Waals surface area contributed by atoms with Gasteiger partial charge in [-0.3, -0.25) is 14.6 Å². The molecule has 0 aliphatic carbocycles. The van der Waals surface area contributed by atoms with Crippen LogP contribution >= 0.6 is 0 Å². The number of benzene rings is 3. The maximum absolute atomic E-state index is 14.1. The minimum Gasteiger partial charge on any atom is -0.496 e. The highest BCUT2D eigenvalue weighted by atomic mass is 19.1. The first kappa shape index (κ1) is 27.5. The molecule has 1 atom stereocenters. The fraction of sp³-hybridized carbons (Fsp3) is 0.156. The molecule has 0 bridgehead atoms. The van der Waals surface area contributed by atoms with E-state index in [9.17, 15) is 18.4 Å². The Morgan fingerprint density at radius 1 is 1.05 bits per heavy atom. The molecule has 2 amide bonds. The number of amides is 2. The number of pyridine rings is 1. The molecule has 0 aliphatic rings. The Hall–Kier alpha value is -5.05. The summed E-state index contributed by atoms with van der Waals surface area (Å²) in [4.78, 5) is 33.1. The number of carbonyl (C=O) groups is 2. The third-order valence-electron chi connectivity index (χ3n) is 6.96. The number of hydrogen-bond acceptors (Lipinski definition) is 4. The Bertz CT molecular complexity index is 1750. The molecule has 41 heavy (non-hydrogen) atoms. The first-order valence-electron chi connectivity index (χ1n) is 13.0. The Labute approximate surface area is 235 Å². The van der Waals surface area contributed by atoms with E-state index in [2.05, 4.69) is 15.3 Å². The molecule has 2 aromatic heterocycles. The van der Waals surface area contributed by atoms with Crippen LogP contribution in [0, 0.1) is 18.6 Å². The van der Waals surface area contributed by atoms with Crippen molar-refractivity contribution < 1.29 is 23.1 Å². The van der Waals surface area contributed by atoms with E-state index in [4.69, 9.17) is 10.5 Å². The summed E-state index contributed by atoms with van der Waals surface area (Å²) in [6.45, 7) is 1.94. The van der Waals surface area contributed by atoms with Gasteiger partial charge in [-0.15, -0.1) is 0 Å². The maximum atomic E-state index is 14.1. The molecule has 0 spiro atoms. The molecule has 7 nitrogen and oxygen atoms in total. The van der Waals surface area contributed by atoms with Gasteiger partial charge in [-0.05, 0) is 78.1 Å². The van der Waals surface area contributed by atoms with Gasteiger partial charge in [0.2, 0.25) is 11.8 Å². The lowest BCUT2D eigenvalue weighted by atomic mass is 9.94. The number of fused-ring (bicyclic) bond motifs is 1. The van der Waals surface area contributed by atoms with Gasteiger partial charge in [0.05, 0.1) is 25.3 Å². The highest BCUT2D eigenvalue weighted by Gasteiger charge is 2.23. The number of nitrogens with two attached hydrogens (primary N) is 1. The molecule has 0 saturated carbocycles. The van der Waals surface area contributed by atoms with E-state index in [-0.39, 0.29) is 18.7 Å². The van der Waals surface area contributed by atoms with E-state index in [0.717, 1.165) is 28.1 Å². The zero-order valence-corrected chi connectivity index (χ0v) is 22.5. The summed E-state index contributed by atoms with van der Waals surface area (Å²) in [6, 6.07) is 16.6. The predicted octanol–water partition coefficient (Wildman–Crippen LogP) is 5.57. The quantitative estimate of drug-likeness (QED) is 0.221. The van der Waals surface area contributed by atoms with Crippen molar-refractivity contribution in [2.75, 3.05) is 7.11 Å². The molecule has 4 N–H and O–H groups in total. The number of nitrogens with one attached hydrogen (secondary N) is 2. The number of primary amides is 1. The van der Waals surface area contributed by atoms with Crippen LogP contribution in [0.5, 0.6) is 5.75 Å². The van der Waals surface area contributed by atoms with Gasteiger partial charge < -0.3 is 20.8 Å². The van der Waals surface area contributed by atoms with Crippen molar-refractivity contribution >= 4 is 22.7 Å². The summed E-state index contributed by atoms with van der Waals surface area (Å²) in [6.07, 6.45) is 3.47. The van der Waals surface area contributed by atoms with Crippen molar-refractivity contribution in [2.24, 2.45) is 5.73 Å². The lowest BCUT2D eigenvalue weighted by molar-refractivity contribution is -0.121. The first-order chi connectivity index (χ1) is 19.7. The number of H-pyrrole nitrogens is 1. The summed E-state index contributed by atoms with van der Waals surface area (Å²) in [5.41, 5.74) is 10.5. The summed E-state index contributed by atoms with van der Waals surface area (Å²) in [5.74, 6) is -1.62. The number of hydrogen-bond donors (Lipinski definition) is 3. The normalized spacial score (nSPS) is 11.8. The summed E-state index contributed by atoms with van der Waals surface area (Å²) in [7, 11) is 1.59. The van der Waals surface area contributed by atoms with E-state index < -0.39 is 23.6 Å². The Balaban J connectivity index is 1.51. The average molecular weight is 555 g/mol. The van der Waals surface area contributed by atoms with Crippen molar-refractivity contribution in [1.82, 2.24) is 15.3 Å². The SMILES string of the molecule is COc1cc2c(CC(=O)N[C@@H](Cc3cc(F)cc(F)c3)c3ncccc3-c3cccc(C(N)=O)c3)c[nH]c2cc1C. The van der Waals surface area contributed by atoms with Gasteiger partial charge in [-0.1, -0.05) is 18.2 Å². The van der Waals surface area contributed by atoms with E-state index in [0.29, 0.717) is 33.7 Å².